The largest absolute Gasteiger partial charge is 0.206 e. The summed E-state index contributed by atoms with van der Waals surface area (Å²) in [6.45, 7) is 4.50. The molecule has 42 heavy (non-hydrogen) atoms. The summed E-state index contributed by atoms with van der Waals surface area (Å²) in [6, 6.07) is 14.7. The van der Waals surface area contributed by atoms with E-state index in [1.165, 1.54) is 82.0 Å². The van der Waals surface area contributed by atoms with Crippen molar-refractivity contribution in [2.24, 2.45) is 0 Å². The highest BCUT2D eigenvalue weighted by Crippen LogP contribution is 2.45. The molecular formula is C34H35FN2S5. The summed E-state index contributed by atoms with van der Waals surface area (Å²) in [7, 11) is 0. The van der Waals surface area contributed by atoms with Crippen molar-refractivity contribution in [1.82, 2.24) is 8.75 Å². The number of unbranched alkanes of at least 4 members (excludes halogenated alkanes) is 6. The van der Waals surface area contributed by atoms with Crippen LogP contribution in [0.4, 0.5) is 4.39 Å². The van der Waals surface area contributed by atoms with Gasteiger partial charge < -0.3 is 0 Å². The second kappa shape index (κ2) is 14.0. The number of nitrogens with zero attached hydrogens (tertiary/aromatic N) is 2. The first-order chi connectivity index (χ1) is 20.6. The van der Waals surface area contributed by atoms with Crippen LogP contribution in [0.5, 0.6) is 0 Å². The molecule has 218 valence electrons. The predicted molar refractivity (Wildman–Crippen MR) is 186 cm³/mol. The van der Waals surface area contributed by atoms with Gasteiger partial charge >= 0.3 is 0 Å². The van der Waals surface area contributed by atoms with Crippen LogP contribution in [0, 0.1) is 5.82 Å². The zero-order valence-corrected chi connectivity index (χ0v) is 28.2. The molecule has 0 aliphatic heterocycles. The van der Waals surface area contributed by atoms with Crippen molar-refractivity contribution >= 4 is 68.1 Å². The van der Waals surface area contributed by atoms with Crippen LogP contribution in [0.15, 0.2) is 53.2 Å². The second-order valence-electron chi connectivity index (χ2n) is 10.8. The summed E-state index contributed by atoms with van der Waals surface area (Å²) in [5.74, 6) is -0.234. The average molecular weight is 651 g/mol. The molecule has 2 nitrogen and oxygen atoms in total. The topological polar surface area (TPSA) is 25.8 Å². The summed E-state index contributed by atoms with van der Waals surface area (Å²) in [6.07, 6.45) is 12.5. The lowest BCUT2D eigenvalue weighted by atomic mass is 10.0. The Morgan fingerprint density at radius 3 is 1.76 bits per heavy atom. The highest BCUT2D eigenvalue weighted by atomic mass is 32.1. The molecule has 0 saturated carbocycles. The third kappa shape index (κ3) is 6.63. The van der Waals surface area contributed by atoms with Gasteiger partial charge in [-0.05, 0) is 90.0 Å². The smallest absolute Gasteiger partial charge is 0.134 e. The van der Waals surface area contributed by atoms with Crippen molar-refractivity contribution in [3.05, 3.63) is 70.2 Å². The Balaban J connectivity index is 1.23. The SMILES string of the molecule is CCCCCCc1csc(-c2ccc(-c3cc(F)c(-c4ccc(-c5cc(CCCCCC)cs5)s4)c4nsnc34)s2)c1. The van der Waals surface area contributed by atoms with Crippen molar-refractivity contribution in [3.8, 4) is 40.4 Å². The molecule has 0 fully saturated rings. The number of benzene rings is 1. The lowest BCUT2D eigenvalue weighted by Gasteiger charge is -2.06. The molecule has 0 N–H and O–H groups in total. The Bertz CT molecular complexity index is 1750. The lowest BCUT2D eigenvalue weighted by Crippen LogP contribution is -1.88. The molecule has 0 saturated heterocycles. The number of hydrogen-bond donors (Lipinski definition) is 0. The highest BCUT2D eigenvalue weighted by molar-refractivity contribution is 7.24. The van der Waals surface area contributed by atoms with Gasteiger partial charge in [-0.25, -0.2) is 4.39 Å². The molecule has 6 rings (SSSR count). The van der Waals surface area contributed by atoms with Crippen molar-refractivity contribution in [2.75, 3.05) is 0 Å². The zero-order chi connectivity index (χ0) is 28.9. The molecule has 0 aliphatic rings. The minimum absolute atomic E-state index is 0.234. The van der Waals surface area contributed by atoms with Crippen molar-refractivity contribution in [3.63, 3.8) is 0 Å². The van der Waals surface area contributed by atoms with Gasteiger partial charge in [0.15, 0.2) is 0 Å². The van der Waals surface area contributed by atoms with E-state index >= 15 is 4.39 Å². The van der Waals surface area contributed by atoms with E-state index in [4.69, 9.17) is 0 Å². The molecular weight excluding hydrogens is 616 g/mol. The summed E-state index contributed by atoms with van der Waals surface area (Å²) in [5, 5.41) is 4.57. The fraction of sp³-hybridized carbons (Fsp3) is 0.353. The van der Waals surface area contributed by atoms with Crippen LogP contribution in [0.2, 0.25) is 0 Å². The molecule has 8 heteroatoms. The fourth-order valence-electron chi connectivity index (χ4n) is 5.34. The van der Waals surface area contributed by atoms with Crippen LogP contribution in [0.25, 0.3) is 51.4 Å². The maximum absolute atomic E-state index is 15.9. The van der Waals surface area contributed by atoms with E-state index in [2.05, 4.69) is 63.7 Å². The number of aryl methyl sites for hydroxylation is 2. The van der Waals surface area contributed by atoms with Crippen molar-refractivity contribution in [1.29, 1.82) is 0 Å². The monoisotopic (exact) mass is 650 g/mol. The predicted octanol–water partition coefficient (Wildman–Crippen LogP) is 13.0. The van der Waals surface area contributed by atoms with Crippen molar-refractivity contribution in [2.45, 2.75) is 78.1 Å². The quantitative estimate of drug-likeness (QED) is 0.110. The van der Waals surface area contributed by atoms with Crippen LogP contribution in [-0.4, -0.2) is 8.75 Å². The Morgan fingerprint density at radius 1 is 0.595 bits per heavy atom. The summed E-state index contributed by atoms with van der Waals surface area (Å²) < 4.78 is 25.1. The molecule has 6 aromatic rings. The molecule has 0 radical (unpaired) electrons. The van der Waals surface area contributed by atoms with Crippen LogP contribution in [0.1, 0.15) is 76.3 Å². The van der Waals surface area contributed by atoms with Gasteiger partial charge in [0.1, 0.15) is 16.9 Å². The first-order valence-electron chi connectivity index (χ1n) is 14.9. The number of rotatable bonds is 14. The summed E-state index contributed by atoms with van der Waals surface area (Å²) in [4.78, 5) is 6.87. The number of aromatic nitrogens is 2. The fourth-order valence-corrected chi connectivity index (χ4v) is 10.1. The molecule has 0 bridgehead atoms. The maximum atomic E-state index is 15.9. The second-order valence-corrected chi connectivity index (χ2v) is 15.3. The third-order valence-electron chi connectivity index (χ3n) is 7.65. The first kappa shape index (κ1) is 29.8. The van der Waals surface area contributed by atoms with Gasteiger partial charge in [0, 0.05) is 34.8 Å². The Hall–Kier alpha value is -2.23. The van der Waals surface area contributed by atoms with Crippen LogP contribution in [-0.2, 0) is 12.8 Å². The standard InChI is InChI=1S/C34H35FN2S5/c1-3-5-7-9-11-22-17-30(38-20-22)27-14-13-26(40-27)24-19-25(35)32(34-33(24)36-42-37-34)29-16-15-28(41-29)31-18-23(21-39-31)12-10-8-6-4-2/h13-21H,3-12H2,1-2H3. The Morgan fingerprint density at radius 2 is 1.14 bits per heavy atom. The van der Waals surface area contributed by atoms with Crippen LogP contribution < -0.4 is 0 Å². The lowest BCUT2D eigenvalue weighted by molar-refractivity contribution is 0.633. The molecule has 5 aromatic heterocycles. The molecule has 0 spiro atoms. The van der Waals surface area contributed by atoms with Gasteiger partial charge in [-0.1, -0.05) is 52.4 Å². The zero-order valence-electron chi connectivity index (χ0n) is 24.1. The minimum Gasteiger partial charge on any atom is -0.206 e. The number of halogens is 1. The van der Waals surface area contributed by atoms with Gasteiger partial charge in [-0.3, -0.25) is 0 Å². The van der Waals surface area contributed by atoms with E-state index < -0.39 is 0 Å². The van der Waals surface area contributed by atoms with Gasteiger partial charge in [-0.2, -0.15) is 8.75 Å². The Labute approximate surface area is 268 Å². The van der Waals surface area contributed by atoms with E-state index in [9.17, 15) is 0 Å². The van der Waals surface area contributed by atoms with Gasteiger partial charge in [0.25, 0.3) is 0 Å². The number of hydrogen-bond acceptors (Lipinski definition) is 7. The molecule has 5 heterocycles. The molecule has 0 unspecified atom stereocenters. The van der Waals surface area contributed by atoms with E-state index in [1.54, 1.807) is 51.4 Å². The Kier molecular flexibility index (Phi) is 9.97. The van der Waals surface area contributed by atoms with Crippen LogP contribution >= 0.6 is 57.1 Å². The molecule has 0 aliphatic carbocycles. The maximum Gasteiger partial charge on any atom is 0.134 e. The number of thiophene rings is 4. The van der Waals surface area contributed by atoms with Gasteiger partial charge in [-0.15, -0.1) is 45.3 Å². The van der Waals surface area contributed by atoms with Crippen molar-refractivity contribution < 1.29 is 4.39 Å². The van der Waals surface area contributed by atoms with E-state index in [0.29, 0.717) is 11.1 Å². The first-order valence-corrected chi connectivity index (χ1v) is 19.1. The van der Waals surface area contributed by atoms with Crippen LogP contribution in [0.3, 0.4) is 0 Å². The van der Waals surface area contributed by atoms with E-state index in [1.807, 2.05) is 6.07 Å². The molecule has 0 atom stereocenters. The van der Waals surface area contributed by atoms with Gasteiger partial charge in [0.05, 0.1) is 17.3 Å². The minimum atomic E-state index is -0.234. The number of fused-ring (bicyclic) bond motifs is 1. The summed E-state index contributed by atoms with van der Waals surface area (Å²) in [5.41, 5.74) is 5.67. The normalized spacial score (nSPS) is 11.7. The molecule has 0 amide bonds. The molecule has 1 aromatic carbocycles. The average Bonchev–Trinajstić information content (AvgIpc) is 3.83. The highest BCUT2D eigenvalue weighted by Gasteiger charge is 2.21. The van der Waals surface area contributed by atoms with Gasteiger partial charge in [0.2, 0.25) is 0 Å². The van der Waals surface area contributed by atoms with E-state index in [-0.39, 0.29) is 5.82 Å². The van der Waals surface area contributed by atoms with E-state index in [0.717, 1.165) is 45.4 Å². The third-order valence-corrected chi connectivity index (χ3v) is 12.7. The summed E-state index contributed by atoms with van der Waals surface area (Å²) >= 11 is 8.10.